The van der Waals surface area contributed by atoms with Crippen LogP contribution in [-0.4, -0.2) is 18.4 Å². The van der Waals surface area contributed by atoms with Crippen molar-refractivity contribution in [2.45, 2.75) is 13.0 Å². The van der Waals surface area contributed by atoms with Crippen molar-refractivity contribution in [1.82, 2.24) is 0 Å². The largest absolute Gasteiger partial charge is 0.482 e. The maximum atomic E-state index is 13.0. The zero-order chi connectivity index (χ0) is 20.2. The second-order valence-corrected chi connectivity index (χ2v) is 6.79. The molecule has 1 aliphatic heterocycles. The Morgan fingerprint density at radius 3 is 2.52 bits per heavy atom. The lowest BCUT2D eigenvalue weighted by Gasteiger charge is -2.30. The number of halogens is 1. The summed E-state index contributed by atoms with van der Waals surface area (Å²) in [5.41, 5.74) is 2.89. The molecule has 29 heavy (non-hydrogen) atoms. The molecule has 0 aromatic heterocycles. The summed E-state index contributed by atoms with van der Waals surface area (Å²) < 4.78 is 18.5. The van der Waals surface area contributed by atoms with Crippen LogP contribution in [0.3, 0.4) is 0 Å². The molecule has 3 aromatic carbocycles. The Labute approximate surface area is 167 Å². The zero-order valence-corrected chi connectivity index (χ0v) is 15.6. The summed E-state index contributed by atoms with van der Waals surface area (Å²) in [6.45, 7) is 0.402. The van der Waals surface area contributed by atoms with Gasteiger partial charge in [0, 0.05) is 5.69 Å². The van der Waals surface area contributed by atoms with Crippen molar-refractivity contribution < 1.29 is 18.7 Å². The topological polar surface area (TPSA) is 58.6 Å². The number of ether oxygens (including phenoxy) is 1. The van der Waals surface area contributed by atoms with Crippen LogP contribution in [-0.2, 0) is 22.6 Å². The third-order valence-electron chi connectivity index (χ3n) is 4.65. The van der Waals surface area contributed by atoms with E-state index in [4.69, 9.17) is 4.74 Å². The van der Waals surface area contributed by atoms with Crippen LogP contribution in [0, 0.1) is 5.82 Å². The monoisotopic (exact) mass is 390 g/mol. The summed E-state index contributed by atoms with van der Waals surface area (Å²) in [6.07, 6.45) is 0.126. The van der Waals surface area contributed by atoms with Gasteiger partial charge in [0.2, 0.25) is 5.91 Å². The molecule has 2 amide bonds. The number of hydrogen-bond donors (Lipinski definition) is 1. The standard InChI is InChI=1S/C23H19FN2O3/c24-18-8-6-16(7-9-18)12-22(27)25-19-10-11-21-20(13-19)26(23(28)15-29-21)14-17-4-2-1-3-5-17/h1-11,13H,12,14-15H2,(H,25,27). The van der Waals surface area contributed by atoms with E-state index < -0.39 is 0 Å². The van der Waals surface area contributed by atoms with Gasteiger partial charge in [-0.3, -0.25) is 9.59 Å². The van der Waals surface area contributed by atoms with Crippen LogP contribution in [0.1, 0.15) is 11.1 Å². The average molecular weight is 390 g/mol. The van der Waals surface area contributed by atoms with Crippen LogP contribution in [0.5, 0.6) is 5.75 Å². The smallest absolute Gasteiger partial charge is 0.265 e. The van der Waals surface area contributed by atoms with Gasteiger partial charge in [-0.2, -0.15) is 0 Å². The van der Waals surface area contributed by atoms with E-state index >= 15 is 0 Å². The molecule has 4 rings (SSSR count). The third-order valence-corrected chi connectivity index (χ3v) is 4.65. The fourth-order valence-corrected chi connectivity index (χ4v) is 3.21. The molecule has 1 N–H and O–H groups in total. The summed E-state index contributed by atoms with van der Waals surface area (Å²) in [5, 5.41) is 2.83. The molecule has 0 spiro atoms. The van der Waals surface area contributed by atoms with Crippen molar-refractivity contribution in [1.29, 1.82) is 0 Å². The van der Waals surface area contributed by atoms with Crippen molar-refractivity contribution in [3.8, 4) is 5.75 Å². The van der Waals surface area contributed by atoms with E-state index in [-0.39, 0.29) is 30.7 Å². The first-order chi connectivity index (χ1) is 14.1. The number of amides is 2. The second kappa shape index (κ2) is 8.14. The Bertz CT molecular complexity index is 1040. The van der Waals surface area contributed by atoms with Crippen LogP contribution in [0.25, 0.3) is 0 Å². The Hall–Kier alpha value is -3.67. The number of fused-ring (bicyclic) bond motifs is 1. The first-order valence-corrected chi connectivity index (χ1v) is 9.24. The lowest BCUT2D eigenvalue weighted by molar-refractivity contribution is -0.121. The number of carbonyl (C=O) groups excluding carboxylic acids is 2. The van der Waals surface area contributed by atoms with Gasteiger partial charge >= 0.3 is 0 Å². The number of anilines is 2. The van der Waals surface area contributed by atoms with Gasteiger partial charge in [-0.25, -0.2) is 4.39 Å². The van der Waals surface area contributed by atoms with E-state index in [2.05, 4.69) is 5.32 Å². The number of carbonyl (C=O) groups is 2. The molecule has 146 valence electrons. The van der Waals surface area contributed by atoms with E-state index in [1.807, 2.05) is 30.3 Å². The molecule has 3 aromatic rings. The fourth-order valence-electron chi connectivity index (χ4n) is 3.21. The Kier molecular flexibility index (Phi) is 5.24. The SMILES string of the molecule is O=C(Cc1ccc(F)cc1)Nc1ccc2c(c1)N(Cc1ccccc1)C(=O)CO2. The Morgan fingerprint density at radius 1 is 1.00 bits per heavy atom. The highest BCUT2D eigenvalue weighted by molar-refractivity contribution is 5.99. The molecule has 0 aliphatic carbocycles. The molecule has 0 unspecified atom stereocenters. The molecule has 0 bridgehead atoms. The highest BCUT2D eigenvalue weighted by Crippen LogP contribution is 2.35. The molecular weight excluding hydrogens is 371 g/mol. The Morgan fingerprint density at radius 2 is 1.76 bits per heavy atom. The maximum absolute atomic E-state index is 13.0. The number of nitrogens with one attached hydrogen (secondary N) is 1. The normalized spacial score (nSPS) is 12.9. The summed E-state index contributed by atoms with van der Waals surface area (Å²) >= 11 is 0. The molecule has 6 heteroatoms. The lowest BCUT2D eigenvalue weighted by Crippen LogP contribution is -2.38. The minimum Gasteiger partial charge on any atom is -0.482 e. The van der Waals surface area contributed by atoms with Gasteiger partial charge in [-0.15, -0.1) is 0 Å². The quantitative estimate of drug-likeness (QED) is 0.718. The molecule has 0 atom stereocenters. The number of benzene rings is 3. The first kappa shape index (κ1) is 18.7. The number of rotatable bonds is 5. The molecule has 0 radical (unpaired) electrons. The maximum Gasteiger partial charge on any atom is 0.265 e. The van der Waals surface area contributed by atoms with Gasteiger partial charge in [0.25, 0.3) is 5.91 Å². The van der Waals surface area contributed by atoms with E-state index in [1.165, 1.54) is 12.1 Å². The lowest BCUT2D eigenvalue weighted by atomic mass is 10.1. The predicted octanol–water partition coefficient (Wildman–Crippen LogP) is 3.93. The van der Waals surface area contributed by atoms with Crippen LogP contribution in [0.15, 0.2) is 72.8 Å². The van der Waals surface area contributed by atoms with E-state index in [0.717, 1.165) is 5.56 Å². The van der Waals surface area contributed by atoms with Crippen molar-refractivity contribution >= 4 is 23.2 Å². The zero-order valence-electron chi connectivity index (χ0n) is 15.6. The summed E-state index contributed by atoms with van der Waals surface area (Å²) in [7, 11) is 0. The number of hydrogen-bond acceptors (Lipinski definition) is 3. The number of nitrogens with zero attached hydrogens (tertiary/aromatic N) is 1. The van der Waals surface area contributed by atoms with Crippen molar-refractivity contribution in [3.05, 3.63) is 89.7 Å². The van der Waals surface area contributed by atoms with E-state index in [1.54, 1.807) is 35.2 Å². The Balaban J connectivity index is 1.52. The minimum atomic E-state index is -0.341. The predicted molar refractivity (Wildman–Crippen MR) is 108 cm³/mol. The molecule has 0 fully saturated rings. The van der Waals surface area contributed by atoms with Gasteiger partial charge < -0.3 is 15.0 Å². The van der Waals surface area contributed by atoms with Crippen LogP contribution in [0.4, 0.5) is 15.8 Å². The van der Waals surface area contributed by atoms with Crippen molar-refractivity contribution in [2.24, 2.45) is 0 Å². The molecule has 1 aliphatic rings. The van der Waals surface area contributed by atoms with Gasteiger partial charge in [0.15, 0.2) is 6.61 Å². The second-order valence-electron chi connectivity index (χ2n) is 6.79. The average Bonchev–Trinajstić information content (AvgIpc) is 2.73. The van der Waals surface area contributed by atoms with Gasteiger partial charge in [0.1, 0.15) is 11.6 Å². The molecule has 1 heterocycles. The highest BCUT2D eigenvalue weighted by atomic mass is 19.1. The third kappa shape index (κ3) is 4.43. The summed E-state index contributed by atoms with van der Waals surface area (Å²) in [4.78, 5) is 26.5. The molecule has 0 saturated heterocycles. The fraction of sp³-hybridized carbons (Fsp3) is 0.130. The molecular formula is C23H19FN2O3. The van der Waals surface area contributed by atoms with Gasteiger partial charge in [0.05, 0.1) is 18.7 Å². The van der Waals surface area contributed by atoms with Crippen molar-refractivity contribution in [2.75, 3.05) is 16.8 Å². The van der Waals surface area contributed by atoms with E-state index in [9.17, 15) is 14.0 Å². The van der Waals surface area contributed by atoms with Crippen LogP contribution < -0.4 is 15.0 Å². The summed E-state index contributed by atoms with van der Waals surface area (Å²) in [6, 6.07) is 20.7. The first-order valence-electron chi connectivity index (χ1n) is 9.24. The minimum absolute atomic E-state index is 0.0178. The highest BCUT2D eigenvalue weighted by Gasteiger charge is 2.26. The van der Waals surface area contributed by atoms with Crippen molar-refractivity contribution in [3.63, 3.8) is 0 Å². The summed E-state index contributed by atoms with van der Waals surface area (Å²) in [5.74, 6) is -0.116. The van der Waals surface area contributed by atoms with Crippen LogP contribution >= 0.6 is 0 Å². The molecule has 5 nitrogen and oxygen atoms in total. The van der Waals surface area contributed by atoms with Crippen LogP contribution in [0.2, 0.25) is 0 Å². The van der Waals surface area contributed by atoms with Gasteiger partial charge in [-0.05, 0) is 41.5 Å². The van der Waals surface area contributed by atoms with Gasteiger partial charge in [-0.1, -0.05) is 42.5 Å². The van der Waals surface area contributed by atoms with E-state index in [0.29, 0.717) is 29.2 Å². The molecule has 0 saturated carbocycles.